The van der Waals surface area contributed by atoms with Gasteiger partial charge in [-0.1, -0.05) is 24.3 Å². The first-order valence-electron chi connectivity index (χ1n) is 8.95. The highest BCUT2D eigenvalue weighted by Gasteiger charge is 2.06. The van der Waals surface area contributed by atoms with E-state index in [4.69, 9.17) is 17.0 Å². The Hall–Kier alpha value is -2.86. The van der Waals surface area contributed by atoms with Gasteiger partial charge in [-0.3, -0.25) is 4.68 Å². The SMILES string of the molecule is CCOc1ccccc1NC(=S)Nc1ccc(Cn2nc(C)cc2C)cc1. The lowest BCUT2D eigenvalue weighted by Crippen LogP contribution is -2.19. The molecule has 0 amide bonds. The molecule has 1 heterocycles. The summed E-state index contributed by atoms with van der Waals surface area (Å²) in [5, 5.41) is 11.4. The minimum atomic E-state index is 0.522. The van der Waals surface area contributed by atoms with Crippen molar-refractivity contribution in [1.29, 1.82) is 0 Å². The molecule has 0 aliphatic rings. The fourth-order valence-electron chi connectivity index (χ4n) is 2.84. The van der Waals surface area contributed by atoms with E-state index >= 15 is 0 Å². The lowest BCUT2D eigenvalue weighted by molar-refractivity contribution is 0.342. The van der Waals surface area contributed by atoms with Crippen LogP contribution in [-0.4, -0.2) is 21.5 Å². The van der Waals surface area contributed by atoms with Gasteiger partial charge in [-0.25, -0.2) is 0 Å². The molecule has 0 aliphatic carbocycles. The van der Waals surface area contributed by atoms with Crippen LogP contribution in [0.4, 0.5) is 11.4 Å². The molecule has 2 aromatic carbocycles. The molecule has 6 heteroatoms. The van der Waals surface area contributed by atoms with E-state index < -0.39 is 0 Å². The van der Waals surface area contributed by atoms with Crippen LogP contribution in [0.15, 0.2) is 54.6 Å². The Bertz CT molecular complexity index is 918. The number of aromatic nitrogens is 2. The van der Waals surface area contributed by atoms with Crippen LogP contribution in [0.1, 0.15) is 23.9 Å². The van der Waals surface area contributed by atoms with Crippen molar-refractivity contribution < 1.29 is 4.74 Å². The zero-order valence-corrected chi connectivity index (χ0v) is 16.6. The van der Waals surface area contributed by atoms with Gasteiger partial charge in [-0.05, 0) is 68.9 Å². The number of nitrogens with zero attached hydrogens (tertiary/aromatic N) is 2. The minimum absolute atomic E-state index is 0.522. The zero-order chi connectivity index (χ0) is 19.2. The third-order valence-corrected chi connectivity index (χ3v) is 4.29. The second kappa shape index (κ2) is 8.68. The maximum absolute atomic E-state index is 5.61. The predicted molar refractivity (Wildman–Crippen MR) is 115 cm³/mol. The molecule has 0 radical (unpaired) electrons. The largest absolute Gasteiger partial charge is 0.492 e. The molecule has 3 aromatic rings. The number of benzene rings is 2. The molecule has 1 aromatic heterocycles. The molecule has 140 valence electrons. The third-order valence-electron chi connectivity index (χ3n) is 4.08. The Morgan fingerprint density at radius 2 is 1.81 bits per heavy atom. The molecule has 0 unspecified atom stereocenters. The van der Waals surface area contributed by atoms with Crippen molar-refractivity contribution in [3.05, 3.63) is 71.5 Å². The van der Waals surface area contributed by atoms with Crippen molar-refractivity contribution in [1.82, 2.24) is 9.78 Å². The monoisotopic (exact) mass is 380 g/mol. The summed E-state index contributed by atoms with van der Waals surface area (Å²) in [6.45, 7) is 7.40. The van der Waals surface area contributed by atoms with E-state index in [-0.39, 0.29) is 0 Å². The fourth-order valence-corrected chi connectivity index (χ4v) is 3.07. The van der Waals surface area contributed by atoms with E-state index in [9.17, 15) is 0 Å². The van der Waals surface area contributed by atoms with E-state index in [1.165, 1.54) is 5.56 Å². The second-order valence-electron chi connectivity index (χ2n) is 6.29. The number of para-hydroxylation sites is 2. The number of ether oxygens (including phenoxy) is 1. The summed E-state index contributed by atoms with van der Waals surface area (Å²) in [5.41, 5.74) is 5.16. The fraction of sp³-hybridized carbons (Fsp3) is 0.238. The van der Waals surface area contributed by atoms with Gasteiger partial charge in [0.2, 0.25) is 0 Å². The minimum Gasteiger partial charge on any atom is -0.492 e. The molecule has 0 saturated carbocycles. The zero-order valence-electron chi connectivity index (χ0n) is 15.8. The Balaban J connectivity index is 1.61. The first-order valence-corrected chi connectivity index (χ1v) is 9.36. The van der Waals surface area contributed by atoms with E-state index in [2.05, 4.69) is 40.9 Å². The van der Waals surface area contributed by atoms with Crippen molar-refractivity contribution in [2.75, 3.05) is 17.2 Å². The van der Waals surface area contributed by atoms with E-state index in [1.54, 1.807) is 0 Å². The maximum Gasteiger partial charge on any atom is 0.175 e. The first kappa shape index (κ1) is 18.9. The molecule has 0 atom stereocenters. The topological polar surface area (TPSA) is 51.1 Å². The summed E-state index contributed by atoms with van der Waals surface area (Å²) in [7, 11) is 0. The number of aryl methyl sites for hydroxylation is 2. The molecule has 0 aliphatic heterocycles. The summed E-state index contributed by atoms with van der Waals surface area (Å²) >= 11 is 5.43. The average Bonchev–Trinajstić information content (AvgIpc) is 2.95. The lowest BCUT2D eigenvalue weighted by Gasteiger charge is -2.14. The molecule has 27 heavy (non-hydrogen) atoms. The Kier molecular flexibility index (Phi) is 6.08. The Morgan fingerprint density at radius 1 is 1.07 bits per heavy atom. The lowest BCUT2D eigenvalue weighted by atomic mass is 10.2. The van der Waals surface area contributed by atoms with Crippen LogP contribution in [0.25, 0.3) is 0 Å². The van der Waals surface area contributed by atoms with Crippen molar-refractivity contribution in [2.24, 2.45) is 0 Å². The number of anilines is 2. The summed E-state index contributed by atoms with van der Waals surface area (Å²) in [5.74, 6) is 0.782. The molecular weight excluding hydrogens is 356 g/mol. The van der Waals surface area contributed by atoms with Gasteiger partial charge in [-0.15, -0.1) is 0 Å². The molecule has 3 rings (SSSR count). The molecule has 0 saturated heterocycles. The summed E-state index contributed by atoms with van der Waals surface area (Å²) in [6.07, 6.45) is 0. The number of rotatable bonds is 6. The van der Waals surface area contributed by atoms with Gasteiger partial charge >= 0.3 is 0 Å². The number of hydrogen-bond acceptors (Lipinski definition) is 3. The van der Waals surface area contributed by atoms with Crippen LogP contribution in [-0.2, 0) is 6.54 Å². The van der Waals surface area contributed by atoms with Gasteiger partial charge in [0.15, 0.2) is 5.11 Å². The summed E-state index contributed by atoms with van der Waals surface area (Å²) in [4.78, 5) is 0. The highest BCUT2D eigenvalue weighted by Crippen LogP contribution is 2.24. The normalized spacial score (nSPS) is 10.5. The van der Waals surface area contributed by atoms with Crippen molar-refractivity contribution in [3.8, 4) is 5.75 Å². The van der Waals surface area contributed by atoms with Crippen LogP contribution in [0.2, 0.25) is 0 Å². The van der Waals surface area contributed by atoms with Crippen LogP contribution in [0.5, 0.6) is 5.75 Å². The molecule has 0 bridgehead atoms. The molecule has 0 spiro atoms. The van der Waals surface area contributed by atoms with Crippen LogP contribution in [0, 0.1) is 13.8 Å². The smallest absolute Gasteiger partial charge is 0.175 e. The summed E-state index contributed by atoms with van der Waals surface area (Å²) in [6, 6.07) is 18.0. The van der Waals surface area contributed by atoms with Crippen LogP contribution in [0.3, 0.4) is 0 Å². The van der Waals surface area contributed by atoms with Crippen molar-refractivity contribution >= 4 is 28.7 Å². The van der Waals surface area contributed by atoms with Gasteiger partial charge in [-0.2, -0.15) is 5.10 Å². The van der Waals surface area contributed by atoms with Gasteiger partial charge < -0.3 is 15.4 Å². The molecule has 0 fully saturated rings. The van der Waals surface area contributed by atoms with E-state index in [1.807, 2.05) is 54.9 Å². The Morgan fingerprint density at radius 3 is 2.48 bits per heavy atom. The molecule has 2 N–H and O–H groups in total. The van der Waals surface area contributed by atoms with E-state index in [0.717, 1.165) is 35.1 Å². The van der Waals surface area contributed by atoms with Gasteiger partial charge in [0.05, 0.1) is 24.5 Å². The van der Waals surface area contributed by atoms with Crippen molar-refractivity contribution in [2.45, 2.75) is 27.3 Å². The maximum atomic E-state index is 5.61. The first-order chi connectivity index (χ1) is 13.0. The quantitative estimate of drug-likeness (QED) is 0.604. The van der Waals surface area contributed by atoms with Gasteiger partial charge in [0.25, 0.3) is 0 Å². The predicted octanol–water partition coefficient (Wildman–Crippen LogP) is 4.76. The molecular formula is C21H24N4OS. The van der Waals surface area contributed by atoms with Crippen molar-refractivity contribution in [3.63, 3.8) is 0 Å². The number of thiocarbonyl (C=S) groups is 1. The second-order valence-corrected chi connectivity index (χ2v) is 6.70. The number of hydrogen-bond donors (Lipinski definition) is 2. The third kappa shape index (κ3) is 5.08. The van der Waals surface area contributed by atoms with Gasteiger partial charge in [0, 0.05) is 11.4 Å². The van der Waals surface area contributed by atoms with E-state index in [0.29, 0.717) is 11.7 Å². The standard InChI is InChI=1S/C21H24N4OS/c1-4-26-20-8-6-5-7-19(20)23-21(27)22-18-11-9-17(10-12-18)14-25-16(3)13-15(2)24-25/h5-13H,4,14H2,1-3H3,(H2,22,23,27). The highest BCUT2D eigenvalue weighted by molar-refractivity contribution is 7.80. The number of nitrogens with one attached hydrogen (secondary N) is 2. The van der Waals surface area contributed by atoms with Crippen LogP contribution < -0.4 is 15.4 Å². The van der Waals surface area contributed by atoms with Gasteiger partial charge in [0.1, 0.15) is 5.75 Å². The average molecular weight is 381 g/mol. The van der Waals surface area contributed by atoms with Crippen LogP contribution >= 0.6 is 12.2 Å². The molecule has 5 nitrogen and oxygen atoms in total. The Labute approximate surface area is 165 Å². The summed E-state index contributed by atoms with van der Waals surface area (Å²) < 4.78 is 7.62. The highest BCUT2D eigenvalue weighted by atomic mass is 32.1.